The molecule has 1 aromatic rings. The summed E-state index contributed by atoms with van der Waals surface area (Å²) >= 11 is 5.97. The molecule has 0 saturated heterocycles. The molecule has 1 aliphatic carbocycles. The van der Waals surface area contributed by atoms with E-state index < -0.39 is 0 Å². The third kappa shape index (κ3) is 4.13. The van der Waals surface area contributed by atoms with Crippen molar-refractivity contribution in [3.63, 3.8) is 0 Å². The number of carbonyl (C=O) groups excluding carboxylic acids is 1. The van der Waals surface area contributed by atoms with Crippen LogP contribution in [0.4, 0.5) is 0 Å². The second-order valence-corrected chi connectivity index (χ2v) is 5.56. The van der Waals surface area contributed by atoms with Gasteiger partial charge in [0.15, 0.2) is 6.61 Å². The summed E-state index contributed by atoms with van der Waals surface area (Å²) in [5, 5.41) is 3.58. The van der Waals surface area contributed by atoms with Gasteiger partial charge in [0.05, 0.1) is 5.02 Å². The van der Waals surface area contributed by atoms with Crippen LogP contribution in [0.5, 0.6) is 5.75 Å². The van der Waals surface area contributed by atoms with Crippen LogP contribution in [0.15, 0.2) is 24.3 Å². The molecule has 1 aliphatic rings. The zero-order valence-electron chi connectivity index (χ0n) is 11.2. The van der Waals surface area contributed by atoms with E-state index in [1.165, 1.54) is 19.3 Å². The van der Waals surface area contributed by atoms with Gasteiger partial charge in [-0.15, -0.1) is 0 Å². The fourth-order valence-corrected chi connectivity index (χ4v) is 2.67. The first-order valence-corrected chi connectivity index (χ1v) is 7.21. The summed E-state index contributed by atoms with van der Waals surface area (Å²) in [5.74, 6) is 1.03. The molecule has 0 unspecified atom stereocenters. The van der Waals surface area contributed by atoms with Gasteiger partial charge in [-0.25, -0.2) is 0 Å². The van der Waals surface area contributed by atoms with Crippen LogP contribution in [0.3, 0.4) is 0 Å². The molecule has 0 aliphatic heterocycles. The Hall–Kier alpha value is -1.22. The van der Waals surface area contributed by atoms with Crippen molar-refractivity contribution in [1.29, 1.82) is 0 Å². The predicted molar refractivity (Wildman–Crippen MR) is 76.5 cm³/mol. The maximum absolute atomic E-state index is 11.9. The van der Waals surface area contributed by atoms with Gasteiger partial charge in [-0.2, -0.15) is 0 Å². The summed E-state index contributed by atoms with van der Waals surface area (Å²) in [7, 11) is 0. The number of rotatable bonds is 4. The number of nitrogens with one attached hydrogen (secondary N) is 1. The molecule has 0 spiro atoms. The van der Waals surface area contributed by atoms with E-state index in [9.17, 15) is 4.79 Å². The smallest absolute Gasteiger partial charge is 0.258 e. The van der Waals surface area contributed by atoms with Crippen molar-refractivity contribution in [3.05, 3.63) is 29.3 Å². The number of hydrogen-bond donors (Lipinski definition) is 1. The molecule has 0 bridgehead atoms. The van der Waals surface area contributed by atoms with E-state index in [0.717, 1.165) is 6.42 Å². The third-order valence-corrected chi connectivity index (χ3v) is 3.97. The fourth-order valence-electron chi connectivity index (χ4n) is 2.48. The first kappa shape index (κ1) is 14.2. The van der Waals surface area contributed by atoms with Gasteiger partial charge in [-0.3, -0.25) is 4.79 Å². The topological polar surface area (TPSA) is 38.3 Å². The molecule has 1 amide bonds. The maximum atomic E-state index is 11.9. The number of halogens is 1. The average Bonchev–Trinajstić information content (AvgIpc) is 2.40. The van der Waals surface area contributed by atoms with E-state index in [0.29, 0.717) is 16.7 Å². The monoisotopic (exact) mass is 281 g/mol. The Kier molecular flexibility index (Phi) is 5.08. The van der Waals surface area contributed by atoms with Crippen LogP contribution in [0.1, 0.15) is 32.6 Å². The first-order valence-electron chi connectivity index (χ1n) is 6.83. The number of ether oxygens (including phenoxy) is 1. The zero-order chi connectivity index (χ0) is 13.7. The van der Waals surface area contributed by atoms with E-state index in [-0.39, 0.29) is 18.6 Å². The van der Waals surface area contributed by atoms with Crippen molar-refractivity contribution >= 4 is 17.5 Å². The number of para-hydroxylation sites is 1. The normalized spacial score (nSPS) is 22.8. The van der Waals surface area contributed by atoms with Gasteiger partial charge in [0, 0.05) is 6.04 Å². The van der Waals surface area contributed by atoms with Gasteiger partial charge >= 0.3 is 0 Å². The molecule has 0 radical (unpaired) electrons. The lowest BCUT2D eigenvalue weighted by Crippen LogP contribution is -2.43. The molecule has 0 heterocycles. The highest BCUT2D eigenvalue weighted by Gasteiger charge is 2.22. The van der Waals surface area contributed by atoms with Crippen LogP contribution in [0, 0.1) is 5.92 Å². The Morgan fingerprint density at radius 2 is 2.11 bits per heavy atom. The van der Waals surface area contributed by atoms with Crippen molar-refractivity contribution in [3.8, 4) is 5.75 Å². The maximum Gasteiger partial charge on any atom is 0.258 e. The van der Waals surface area contributed by atoms with Crippen molar-refractivity contribution in [1.82, 2.24) is 5.32 Å². The fraction of sp³-hybridized carbons (Fsp3) is 0.533. The lowest BCUT2D eigenvalue weighted by Gasteiger charge is -2.29. The minimum atomic E-state index is -0.0707. The largest absolute Gasteiger partial charge is 0.482 e. The molecular formula is C15H20ClNO2. The van der Waals surface area contributed by atoms with Crippen molar-refractivity contribution in [2.45, 2.75) is 38.6 Å². The minimum Gasteiger partial charge on any atom is -0.482 e. The van der Waals surface area contributed by atoms with Gasteiger partial charge in [0.25, 0.3) is 5.91 Å². The van der Waals surface area contributed by atoms with Crippen LogP contribution in [-0.4, -0.2) is 18.6 Å². The molecule has 104 valence electrons. The number of carbonyl (C=O) groups is 1. The molecule has 19 heavy (non-hydrogen) atoms. The van der Waals surface area contributed by atoms with Gasteiger partial charge in [0.1, 0.15) is 5.75 Å². The van der Waals surface area contributed by atoms with E-state index in [2.05, 4.69) is 12.2 Å². The predicted octanol–water partition coefficient (Wildman–Crippen LogP) is 3.41. The summed E-state index contributed by atoms with van der Waals surface area (Å²) in [6, 6.07) is 7.47. The first-order chi connectivity index (χ1) is 9.16. The highest BCUT2D eigenvalue weighted by Crippen LogP contribution is 2.24. The van der Waals surface area contributed by atoms with E-state index >= 15 is 0 Å². The van der Waals surface area contributed by atoms with Crippen LogP contribution < -0.4 is 10.1 Å². The Morgan fingerprint density at radius 1 is 1.37 bits per heavy atom. The average molecular weight is 282 g/mol. The Balaban J connectivity index is 1.80. The Morgan fingerprint density at radius 3 is 2.84 bits per heavy atom. The molecule has 0 aromatic heterocycles. The van der Waals surface area contributed by atoms with Gasteiger partial charge in [-0.05, 0) is 30.9 Å². The summed E-state index contributed by atoms with van der Waals surface area (Å²) in [6.07, 6.45) is 4.72. The van der Waals surface area contributed by atoms with Crippen molar-refractivity contribution in [2.24, 2.45) is 5.92 Å². The quantitative estimate of drug-likeness (QED) is 0.918. The summed E-state index contributed by atoms with van der Waals surface area (Å²) in [6.45, 7) is 2.21. The minimum absolute atomic E-state index is 0.0208. The van der Waals surface area contributed by atoms with Crippen molar-refractivity contribution < 1.29 is 9.53 Å². The van der Waals surface area contributed by atoms with Crippen LogP contribution in [-0.2, 0) is 4.79 Å². The van der Waals surface area contributed by atoms with Crippen LogP contribution in [0.25, 0.3) is 0 Å². The van der Waals surface area contributed by atoms with Gasteiger partial charge < -0.3 is 10.1 Å². The number of hydrogen-bond acceptors (Lipinski definition) is 2. The lowest BCUT2D eigenvalue weighted by molar-refractivity contribution is -0.124. The molecule has 4 heteroatoms. The second-order valence-electron chi connectivity index (χ2n) is 5.15. The number of amides is 1. The Labute approximate surface area is 119 Å². The van der Waals surface area contributed by atoms with Gasteiger partial charge in [-0.1, -0.05) is 43.5 Å². The van der Waals surface area contributed by atoms with Crippen LogP contribution in [0.2, 0.25) is 5.02 Å². The standard InChI is InChI=1S/C15H20ClNO2/c1-11-6-2-4-8-13(11)17-15(18)10-19-14-9-5-3-7-12(14)16/h3,5,7,9,11,13H,2,4,6,8,10H2,1H3,(H,17,18)/t11-,13+/m1/s1. The molecule has 1 N–H and O–H groups in total. The SMILES string of the molecule is C[C@@H]1CCCC[C@@H]1NC(=O)COc1ccccc1Cl. The summed E-state index contributed by atoms with van der Waals surface area (Å²) < 4.78 is 5.43. The summed E-state index contributed by atoms with van der Waals surface area (Å²) in [4.78, 5) is 11.9. The highest BCUT2D eigenvalue weighted by molar-refractivity contribution is 6.32. The molecule has 1 aromatic carbocycles. The molecule has 2 atom stereocenters. The number of benzene rings is 1. The lowest BCUT2D eigenvalue weighted by atomic mass is 9.86. The molecule has 1 fully saturated rings. The Bertz CT molecular complexity index is 436. The van der Waals surface area contributed by atoms with Crippen LogP contribution >= 0.6 is 11.6 Å². The third-order valence-electron chi connectivity index (χ3n) is 3.65. The second kappa shape index (κ2) is 6.80. The molecule has 3 nitrogen and oxygen atoms in total. The zero-order valence-corrected chi connectivity index (χ0v) is 12.0. The summed E-state index contributed by atoms with van der Waals surface area (Å²) in [5.41, 5.74) is 0. The highest BCUT2D eigenvalue weighted by atomic mass is 35.5. The molecular weight excluding hydrogens is 262 g/mol. The van der Waals surface area contributed by atoms with E-state index in [4.69, 9.17) is 16.3 Å². The van der Waals surface area contributed by atoms with Gasteiger partial charge in [0.2, 0.25) is 0 Å². The van der Waals surface area contributed by atoms with E-state index in [1.54, 1.807) is 12.1 Å². The molecule has 2 rings (SSSR count). The van der Waals surface area contributed by atoms with Crippen molar-refractivity contribution in [2.75, 3.05) is 6.61 Å². The van der Waals surface area contributed by atoms with E-state index in [1.807, 2.05) is 12.1 Å². The molecule has 1 saturated carbocycles.